The SMILES string of the molecule is CN=C(NCC1CCCN1Cc1ccccc1)NCC1(OC)CCOCC1. The van der Waals surface area contributed by atoms with Crippen LogP contribution in [0.5, 0.6) is 0 Å². The molecule has 6 heteroatoms. The minimum atomic E-state index is -0.150. The number of rotatable bonds is 7. The van der Waals surface area contributed by atoms with Gasteiger partial charge < -0.3 is 20.1 Å². The Balaban J connectivity index is 1.47. The van der Waals surface area contributed by atoms with E-state index in [0.29, 0.717) is 6.04 Å². The second-order valence-corrected chi connectivity index (χ2v) is 7.56. The Morgan fingerprint density at radius 2 is 2.04 bits per heavy atom. The number of ether oxygens (including phenoxy) is 2. The summed E-state index contributed by atoms with van der Waals surface area (Å²) in [5.41, 5.74) is 1.23. The number of methoxy groups -OCH3 is 1. The summed E-state index contributed by atoms with van der Waals surface area (Å²) in [6.45, 7) is 5.38. The Labute approximate surface area is 163 Å². The highest BCUT2D eigenvalue weighted by molar-refractivity contribution is 5.79. The molecule has 1 unspecified atom stereocenters. The lowest BCUT2D eigenvalue weighted by Crippen LogP contribution is -2.52. The summed E-state index contributed by atoms with van der Waals surface area (Å²) in [7, 11) is 3.62. The molecule has 3 rings (SSSR count). The molecule has 27 heavy (non-hydrogen) atoms. The topological polar surface area (TPSA) is 58.1 Å². The molecule has 1 aromatic rings. The molecule has 2 aliphatic heterocycles. The van der Waals surface area contributed by atoms with Crippen LogP contribution in [-0.2, 0) is 16.0 Å². The van der Waals surface area contributed by atoms with Gasteiger partial charge in [-0.2, -0.15) is 0 Å². The number of aliphatic imine (C=N–C) groups is 1. The third-order valence-electron chi connectivity index (χ3n) is 5.87. The van der Waals surface area contributed by atoms with Crippen LogP contribution in [0.1, 0.15) is 31.2 Å². The first kappa shape index (κ1) is 20.1. The number of nitrogens with one attached hydrogen (secondary N) is 2. The molecule has 2 fully saturated rings. The van der Waals surface area contributed by atoms with Crippen LogP contribution in [0.2, 0.25) is 0 Å². The van der Waals surface area contributed by atoms with Crippen molar-refractivity contribution in [1.29, 1.82) is 0 Å². The zero-order chi connectivity index (χ0) is 19.0. The van der Waals surface area contributed by atoms with E-state index in [1.807, 2.05) is 7.05 Å². The molecule has 0 amide bonds. The van der Waals surface area contributed by atoms with Crippen molar-refractivity contribution in [2.45, 2.75) is 43.9 Å². The molecule has 6 nitrogen and oxygen atoms in total. The summed E-state index contributed by atoms with van der Waals surface area (Å²) in [6, 6.07) is 11.3. The van der Waals surface area contributed by atoms with Gasteiger partial charge in [0.1, 0.15) is 0 Å². The number of nitrogens with zero attached hydrogens (tertiary/aromatic N) is 2. The molecule has 0 spiro atoms. The Hall–Kier alpha value is -1.63. The number of hydrogen-bond donors (Lipinski definition) is 2. The number of benzene rings is 1. The molecule has 0 aromatic heterocycles. The van der Waals surface area contributed by atoms with Crippen molar-refractivity contribution in [1.82, 2.24) is 15.5 Å². The molecular formula is C21H34N4O2. The van der Waals surface area contributed by atoms with Crippen LogP contribution in [0.4, 0.5) is 0 Å². The average molecular weight is 375 g/mol. The second-order valence-electron chi connectivity index (χ2n) is 7.56. The van der Waals surface area contributed by atoms with E-state index in [2.05, 4.69) is 50.9 Å². The Kier molecular flexibility index (Phi) is 7.50. The van der Waals surface area contributed by atoms with Crippen molar-refractivity contribution in [3.8, 4) is 0 Å². The highest BCUT2D eigenvalue weighted by atomic mass is 16.5. The fourth-order valence-electron chi connectivity index (χ4n) is 4.03. The molecule has 0 radical (unpaired) electrons. The third-order valence-corrected chi connectivity index (χ3v) is 5.87. The fourth-order valence-corrected chi connectivity index (χ4v) is 4.03. The summed E-state index contributed by atoms with van der Waals surface area (Å²) in [5, 5.41) is 6.98. The smallest absolute Gasteiger partial charge is 0.191 e. The van der Waals surface area contributed by atoms with Crippen molar-refractivity contribution in [2.24, 2.45) is 4.99 Å². The number of guanidine groups is 1. The van der Waals surface area contributed by atoms with Crippen molar-refractivity contribution in [3.63, 3.8) is 0 Å². The molecular weight excluding hydrogens is 340 g/mol. The molecule has 2 N–H and O–H groups in total. The van der Waals surface area contributed by atoms with E-state index in [4.69, 9.17) is 9.47 Å². The van der Waals surface area contributed by atoms with Gasteiger partial charge in [-0.05, 0) is 24.9 Å². The molecule has 2 heterocycles. The van der Waals surface area contributed by atoms with E-state index in [1.165, 1.54) is 24.9 Å². The molecule has 150 valence electrons. The Morgan fingerprint density at radius 1 is 1.26 bits per heavy atom. The van der Waals surface area contributed by atoms with Gasteiger partial charge in [0.25, 0.3) is 0 Å². The average Bonchev–Trinajstić information content (AvgIpc) is 3.16. The molecule has 0 aliphatic carbocycles. The van der Waals surface area contributed by atoms with Crippen LogP contribution in [0.3, 0.4) is 0 Å². The van der Waals surface area contributed by atoms with E-state index in [1.54, 1.807) is 7.11 Å². The van der Waals surface area contributed by atoms with Crippen molar-refractivity contribution >= 4 is 5.96 Å². The van der Waals surface area contributed by atoms with Crippen LogP contribution < -0.4 is 10.6 Å². The summed E-state index contributed by atoms with van der Waals surface area (Å²) < 4.78 is 11.3. The monoisotopic (exact) mass is 374 g/mol. The van der Waals surface area contributed by atoms with Gasteiger partial charge in [-0.15, -0.1) is 0 Å². The van der Waals surface area contributed by atoms with Gasteiger partial charge in [-0.25, -0.2) is 0 Å². The highest BCUT2D eigenvalue weighted by Gasteiger charge is 2.32. The molecule has 2 saturated heterocycles. The molecule has 1 atom stereocenters. The van der Waals surface area contributed by atoms with Crippen molar-refractivity contribution in [2.75, 3.05) is 47.0 Å². The first-order valence-corrected chi connectivity index (χ1v) is 10.1. The van der Waals surface area contributed by atoms with Gasteiger partial charge in [-0.1, -0.05) is 30.3 Å². The first-order valence-electron chi connectivity index (χ1n) is 10.1. The Bertz CT molecular complexity index is 587. The van der Waals surface area contributed by atoms with Crippen molar-refractivity contribution < 1.29 is 9.47 Å². The summed E-state index contributed by atoms with van der Waals surface area (Å²) in [5.74, 6) is 0.851. The zero-order valence-electron chi connectivity index (χ0n) is 16.7. The normalized spacial score (nSPS) is 23.3. The maximum atomic E-state index is 5.80. The lowest BCUT2D eigenvalue weighted by atomic mass is 9.94. The fraction of sp³-hybridized carbons (Fsp3) is 0.667. The lowest BCUT2D eigenvalue weighted by Gasteiger charge is -2.36. The van der Waals surface area contributed by atoms with Gasteiger partial charge in [0.15, 0.2) is 5.96 Å². The minimum absolute atomic E-state index is 0.150. The van der Waals surface area contributed by atoms with Crippen LogP contribution in [0.25, 0.3) is 0 Å². The van der Waals surface area contributed by atoms with E-state index in [9.17, 15) is 0 Å². The van der Waals surface area contributed by atoms with Gasteiger partial charge in [0.2, 0.25) is 0 Å². The molecule has 2 aliphatic rings. The first-order chi connectivity index (χ1) is 13.2. The van der Waals surface area contributed by atoms with Crippen molar-refractivity contribution in [3.05, 3.63) is 35.9 Å². The van der Waals surface area contributed by atoms with Gasteiger partial charge in [-0.3, -0.25) is 9.89 Å². The predicted octanol–water partition coefficient (Wildman–Crippen LogP) is 2.01. The summed E-state index contributed by atoms with van der Waals surface area (Å²) in [6.07, 6.45) is 4.33. The van der Waals surface area contributed by atoms with Crippen LogP contribution in [-0.4, -0.2) is 69.5 Å². The quantitative estimate of drug-likeness (QED) is 0.565. The summed E-state index contributed by atoms with van der Waals surface area (Å²) >= 11 is 0. The summed E-state index contributed by atoms with van der Waals surface area (Å²) in [4.78, 5) is 6.97. The third kappa shape index (κ3) is 5.67. The van der Waals surface area contributed by atoms with Crippen LogP contribution >= 0.6 is 0 Å². The maximum Gasteiger partial charge on any atom is 0.191 e. The minimum Gasteiger partial charge on any atom is -0.381 e. The molecule has 0 saturated carbocycles. The van der Waals surface area contributed by atoms with E-state index < -0.39 is 0 Å². The standard InChI is InChI=1S/C21H34N4O2/c1-22-20(24-17-21(26-2)10-13-27-14-11-21)23-15-19-9-6-12-25(19)16-18-7-4-3-5-8-18/h3-5,7-8,19H,6,9-17H2,1-2H3,(H2,22,23,24). The molecule has 0 bridgehead atoms. The van der Waals surface area contributed by atoms with Crippen LogP contribution in [0.15, 0.2) is 35.3 Å². The van der Waals surface area contributed by atoms with E-state index in [0.717, 1.165) is 51.6 Å². The van der Waals surface area contributed by atoms with E-state index in [-0.39, 0.29) is 5.60 Å². The van der Waals surface area contributed by atoms with Crippen LogP contribution in [0, 0.1) is 0 Å². The molecule has 1 aromatic carbocycles. The number of likely N-dealkylation sites (tertiary alicyclic amines) is 1. The maximum absolute atomic E-state index is 5.80. The highest BCUT2D eigenvalue weighted by Crippen LogP contribution is 2.23. The lowest BCUT2D eigenvalue weighted by molar-refractivity contribution is -0.0855. The number of hydrogen-bond acceptors (Lipinski definition) is 4. The van der Waals surface area contributed by atoms with Gasteiger partial charge in [0.05, 0.1) is 5.60 Å². The second kappa shape index (κ2) is 10.1. The van der Waals surface area contributed by atoms with E-state index >= 15 is 0 Å². The Morgan fingerprint density at radius 3 is 2.74 bits per heavy atom. The van der Waals surface area contributed by atoms with Gasteiger partial charge >= 0.3 is 0 Å². The van der Waals surface area contributed by atoms with Gasteiger partial charge in [0, 0.05) is 65.9 Å². The predicted molar refractivity (Wildman–Crippen MR) is 109 cm³/mol. The largest absolute Gasteiger partial charge is 0.381 e. The zero-order valence-corrected chi connectivity index (χ0v) is 16.7.